The van der Waals surface area contributed by atoms with E-state index in [0.29, 0.717) is 12.1 Å². The summed E-state index contributed by atoms with van der Waals surface area (Å²) in [7, 11) is -1.95. The van der Waals surface area contributed by atoms with Crippen LogP contribution in [0.4, 0.5) is 17.6 Å². The van der Waals surface area contributed by atoms with Gasteiger partial charge in [0.25, 0.3) is 0 Å². The first kappa shape index (κ1) is 22.4. The van der Waals surface area contributed by atoms with Gasteiger partial charge in [-0.15, -0.1) is 0 Å². The van der Waals surface area contributed by atoms with Crippen LogP contribution in [0.1, 0.15) is 46.2 Å². The van der Waals surface area contributed by atoms with Crippen LogP contribution in [0.3, 0.4) is 0 Å². The van der Waals surface area contributed by atoms with Gasteiger partial charge in [-0.3, -0.25) is 0 Å². The first-order valence-corrected chi connectivity index (χ1v) is 10.4. The summed E-state index contributed by atoms with van der Waals surface area (Å²) in [6, 6.07) is 0.394. The first-order valence-electron chi connectivity index (χ1n) is 8.44. The Kier molecular flexibility index (Phi) is 6.48. The summed E-state index contributed by atoms with van der Waals surface area (Å²) in [6.45, 7) is 9.12. The van der Waals surface area contributed by atoms with E-state index < -0.39 is 33.8 Å². The number of hydrogen-bond donors (Lipinski definition) is 1. The molecule has 1 aromatic carbocycles. The van der Waals surface area contributed by atoms with Crippen molar-refractivity contribution in [3.8, 4) is 0 Å². The standard InChI is InChI=1S/C18H23BrF4N2OS/c1-10(2)8-25-9-12(11-6-14(20)13(19)7-15(11)25)16(18(21,22)23)24-27(26)17(3,4)5/h6-7,9-10,16,24H,8H2,1-5H3/t16-,27?/m0/s1. The summed E-state index contributed by atoms with van der Waals surface area (Å²) in [6.07, 6.45) is -3.32. The van der Waals surface area contributed by atoms with Gasteiger partial charge in [-0.1, -0.05) is 13.8 Å². The molecule has 27 heavy (non-hydrogen) atoms. The van der Waals surface area contributed by atoms with Crippen LogP contribution in [0.15, 0.2) is 22.8 Å². The minimum absolute atomic E-state index is 0.137. The lowest BCUT2D eigenvalue weighted by atomic mass is 10.1. The second-order valence-electron chi connectivity index (χ2n) is 7.89. The maximum Gasteiger partial charge on any atom is 0.408 e. The Labute approximate surface area is 167 Å². The molecule has 0 radical (unpaired) electrons. The normalized spacial score (nSPS) is 15.5. The Balaban J connectivity index is 2.68. The van der Waals surface area contributed by atoms with E-state index in [2.05, 4.69) is 20.7 Å². The molecule has 0 amide bonds. The van der Waals surface area contributed by atoms with E-state index >= 15 is 0 Å². The average molecular weight is 471 g/mol. The number of halogens is 5. The lowest BCUT2D eigenvalue weighted by Gasteiger charge is -2.25. The molecule has 0 aliphatic heterocycles. The molecule has 1 unspecified atom stereocenters. The van der Waals surface area contributed by atoms with E-state index in [1.807, 2.05) is 13.8 Å². The Bertz CT molecular complexity index is 856. The molecule has 2 aromatic rings. The number of nitrogens with zero attached hydrogens (tertiary/aromatic N) is 1. The predicted molar refractivity (Wildman–Crippen MR) is 104 cm³/mol. The molecule has 2 atom stereocenters. The van der Waals surface area contributed by atoms with Gasteiger partial charge in [0.2, 0.25) is 0 Å². The molecule has 2 rings (SSSR count). The molecular weight excluding hydrogens is 448 g/mol. The number of rotatable bonds is 5. The number of benzene rings is 1. The van der Waals surface area contributed by atoms with Gasteiger partial charge in [0, 0.05) is 29.2 Å². The quantitative estimate of drug-likeness (QED) is 0.546. The van der Waals surface area contributed by atoms with E-state index in [1.165, 1.54) is 12.3 Å². The third-order valence-corrected chi connectivity index (χ3v) is 6.11. The van der Waals surface area contributed by atoms with Gasteiger partial charge in [0.15, 0.2) is 0 Å². The minimum atomic E-state index is -4.69. The van der Waals surface area contributed by atoms with Gasteiger partial charge in [0.1, 0.15) is 11.9 Å². The van der Waals surface area contributed by atoms with Crippen molar-refractivity contribution in [3.63, 3.8) is 0 Å². The van der Waals surface area contributed by atoms with Crippen molar-refractivity contribution in [2.45, 2.75) is 58.1 Å². The lowest BCUT2D eigenvalue weighted by Crippen LogP contribution is -2.41. The molecule has 1 heterocycles. The smallest absolute Gasteiger partial charge is 0.347 e. The van der Waals surface area contributed by atoms with Crippen molar-refractivity contribution in [2.24, 2.45) is 5.92 Å². The highest BCUT2D eigenvalue weighted by atomic mass is 79.9. The second kappa shape index (κ2) is 7.83. The second-order valence-corrected chi connectivity index (χ2v) is 10.7. The molecule has 3 nitrogen and oxygen atoms in total. The van der Waals surface area contributed by atoms with Gasteiger partial charge in [-0.25, -0.2) is 13.3 Å². The molecule has 0 saturated carbocycles. The third-order valence-electron chi connectivity index (χ3n) is 3.94. The highest BCUT2D eigenvalue weighted by Crippen LogP contribution is 2.39. The van der Waals surface area contributed by atoms with Crippen molar-refractivity contribution < 1.29 is 21.8 Å². The molecule has 0 saturated heterocycles. The van der Waals surface area contributed by atoms with Gasteiger partial charge in [-0.2, -0.15) is 13.2 Å². The van der Waals surface area contributed by atoms with Crippen molar-refractivity contribution in [1.29, 1.82) is 0 Å². The number of fused-ring (bicyclic) bond motifs is 1. The first-order chi connectivity index (χ1) is 12.2. The van der Waals surface area contributed by atoms with Crippen LogP contribution < -0.4 is 4.72 Å². The third kappa shape index (κ3) is 5.12. The number of alkyl halides is 3. The maximum absolute atomic E-state index is 14.1. The molecule has 0 aliphatic carbocycles. The minimum Gasteiger partial charge on any atom is -0.347 e. The van der Waals surface area contributed by atoms with E-state index in [0.717, 1.165) is 6.07 Å². The molecule has 0 bridgehead atoms. The maximum atomic E-state index is 14.1. The van der Waals surface area contributed by atoms with Crippen LogP contribution in [-0.2, 0) is 17.5 Å². The van der Waals surface area contributed by atoms with E-state index in [9.17, 15) is 21.8 Å². The molecule has 0 spiro atoms. The fourth-order valence-electron chi connectivity index (χ4n) is 2.68. The summed E-state index contributed by atoms with van der Waals surface area (Å²) in [5.74, 6) is -0.470. The summed E-state index contributed by atoms with van der Waals surface area (Å²) in [4.78, 5) is 0. The summed E-state index contributed by atoms with van der Waals surface area (Å²) >= 11 is 3.09. The Morgan fingerprint density at radius 1 is 1.22 bits per heavy atom. The van der Waals surface area contributed by atoms with Crippen LogP contribution in [-0.4, -0.2) is 19.7 Å². The van der Waals surface area contributed by atoms with E-state index in [4.69, 9.17) is 0 Å². The van der Waals surface area contributed by atoms with Crippen LogP contribution >= 0.6 is 15.9 Å². The molecule has 9 heteroatoms. The fourth-order valence-corrected chi connectivity index (χ4v) is 3.84. The lowest BCUT2D eigenvalue weighted by molar-refractivity contribution is -0.152. The SMILES string of the molecule is CC(C)Cn1cc([C@H](NS(=O)C(C)(C)C)C(F)(F)F)c2cc(F)c(Br)cc21. The Morgan fingerprint density at radius 3 is 2.30 bits per heavy atom. The van der Waals surface area contributed by atoms with Crippen LogP contribution in [0, 0.1) is 11.7 Å². The average Bonchev–Trinajstić information content (AvgIpc) is 2.79. The zero-order valence-electron chi connectivity index (χ0n) is 15.7. The van der Waals surface area contributed by atoms with Crippen LogP contribution in [0.25, 0.3) is 10.9 Å². The van der Waals surface area contributed by atoms with Gasteiger partial charge in [0.05, 0.1) is 20.2 Å². The molecule has 152 valence electrons. The van der Waals surface area contributed by atoms with Gasteiger partial charge < -0.3 is 4.57 Å². The summed E-state index contributed by atoms with van der Waals surface area (Å²) in [5, 5.41) is 0.150. The predicted octanol–water partition coefficient (Wildman–Crippen LogP) is 5.85. The van der Waals surface area contributed by atoms with Crippen molar-refractivity contribution in [1.82, 2.24) is 9.29 Å². The number of aromatic nitrogens is 1. The summed E-state index contributed by atoms with van der Waals surface area (Å²) in [5.41, 5.74) is 0.353. The van der Waals surface area contributed by atoms with Crippen molar-refractivity contribution in [2.75, 3.05) is 0 Å². The van der Waals surface area contributed by atoms with Gasteiger partial charge >= 0.3 is 6.18 Å². The van der Waals surface area contributed by atoms with E-state index in [-0.39, 0.29) is 21.3 Å². The topological polar surface area (TPSA) is 34.0 Å². The largest absolute Gasteiger partial charge is 0.408 e. The zero-order valence-corrected chi connectivity index (χ0v) is 18.1. The van der Waals surface area contributed by atoms with Crippen LogP contribution in [0.2, 0.25) is 0 Å². The highest BCUT2D eigenvalue weighted by Gasteiger charge is 2.44. The zero-order chi connectivity index (χ0) is 20.7. The fraction of sp³-hybridized carbons (Fsp3) is 0.556. The molecule has 0 aliphatic rings. The number of hydrogen-bond acceptors (Lipinski definition) is 1. The molecule has 1 aromatic heterocycles. The Morgan fingerprint density at radius 2 is 1.81 bits per heavy atom. The van der Waals surface area contributed by atoms with E-state index in [1.54, 1.807) is 25.3 Å². The Hall–Kier alpha value is -0.930. The van der Waals surface area contributed by atoms with Crippen molar-refractivity contribution >= 4 is 37.8 Å². The number of nitrogens with one attached hydrogen (secondary N) is 1. The molecule has 0 fully saturated rings. The summed E-state index contributed by atoms with van der Waals surface area (Å²) < 4.78 is 71.1. The molecular formula is C18H23BrF4N2OS. The molecule has 1 N–H and O–H groups in total. The monoisotopic (exact) mass is 470 g/mol. The highest BCUT2D eigenvalue weighted by molar-refractivity contribution is 9.10. The van der Waals surface area contributed by atoms with Gasteiger partial charge in [-0.05, 0) is 54.8 Å². The van der Waals surface area contributed by atoms with Crippen LogP contribution in [0.5, 0.6) is 0 Å². The van der Waals surface area contributed by atoms with Crippen molar-refractivity contribution in [3.05, 3.63) is 34.2 Å².